The van der Waals surface area contributed by atoms with E-state index in [1.165, 1.54) is 7.11 Å². The molecular weight excluding hydrogens is 406 g/mol. The lowest BCUT2D eigenvalue weighted by atomic mass is 9.93. The van der Waals surface area contributed by atoms with Crippen LogP contribution < -0.4 is 15.2 Å². The van der Waals surface area contributed by atoms with Gasteiger partial charge in [0, 0.05) is 23.2 Å². The Morgan fingerprint density at radius 3 is 2.72 bits per heavy atom. The van der Waals surface area contributed by atoms with Crippen LogP contribution in [-0.2, 0) is 35.7 Å². The number of para-hydroxylation sites is 1. The number of carbonyl (C=O) groups is 1. The molecule has 0 radical (unpaired) electrons. The third-order valence-corrected chi connectivity index (χ3v) is 5.68. The molecule has 6 nitrogen and oxygen atoms in total. The van der Waals surface area contributed by atoms with Gasteiger partial charge in [-0.3, -0.25) is 4.79 Å². The molecule has 0 saturated heterocycles. The van der Waals surface area contributed by atoms with E-state index < -0.39 is 6.10 Å². The summed E-state index contributed by atoms with van der Waals surface area (Å²) in [5, 5.41) is 9.95. The number of aliphatic hydroxyl groups is 1. The van der Waals surface area contributed by atoms with Crippen molar-refractivity contribution < 1.29 is 24.1 Å². The molecule has 1 heterocycles. The number of benzene rings is 3. The summed E-state index contributed by atoms with van der Waals surface area (Å²) in [4.78, 5) is 11.8. The molecule has 1 aliphatic heterocycles. The van der Waals surface area contributed by atoms with Gasteiger partial charge in [-0.15, -0.1) is 0 Å². The zero-order valence-corrected chi connectivity index (χ0v) is 18.3. The van der Waals surface area contributed by atoms with Crippen LogP contribution in [0.2, 0.25) is 0 Å². The number of ether oxygens (including phenoxy) is 3. The molecule has 166 valence electrons. The first-order valence-electron chi connectivity index (χ1n) is 10.6. The molecule has 32 heavy (non-hydrogen) atoms. The first kappa shape index (κ1) is 21.9. The highest BCUT2D eigenvalue weighted by Crippen LogP contribution is 2.40. The number of rotatable bonds is 7. The largest absolute Gasteiger partial charge is 0.489 e. The molecule has 1 aliphatic rings. The van der Waals surface area contributed by atoms with Gasteiger partial charge in [0.15, 0.2) is 0 Å². The van der Waals surface area contributed by atoms with Crippen molar-refractivity contribution in [1.29, 1.82) is 0 Å². The van der Waals surface area contributed by atoms with Crippen molar-refractivity contribution in [2.45, 2.75) is 39.2 Å². The van der Waals surface area contributed by atoms with E-state index in [-0.39, 0.29) is 12.4 Å². The first-order valence-corrected chi connectivity index (χ1v) is 10.6. The van der Waals surface area contributed by atoms with Gasteiger partial charge in [-0.2, -0.15) is 0 Å². The predicted octanol–water partition coefficient (Wildman–Crippen LogP) is 4.05. The van der Waals surface area contributed by atoms with Crippen LogP contribution in [0.4, 0.5) is 0 Å². The number of hydrogen-bond acceptors (Lipinski definition) is 6. The van der Waals surface area contributed by atoms with E-state index in [1.54, 1.807) is 25.1 Å². The van der Waals surface area contributed by atoms with Crippen molar-refractivity contribution in [1.82, 2.24) is 0 Å². The molecule has 0 saturated carbocycles. The number of esters is 1. The molecular formula is C26H27NO5. The van der Waals surface area contributed by atoms with Gasteiger partial charge in [0.05, 0.1) is 19.6 Å². The zero-order valence-electron chi connectivity index (χ0n) is 18.3. The van der Waals surface area contributed by atoms with E-state index in [1.807, 2.05) is 30.3 Å². The predicted molar refractivity (Wildman–Crippen MR) is 121 cm³/mol. The molecule has 6 heteroatoms. The van der Waals surface area contributed by atoms with Gasteiger partial charge in [0.2, 0.25) is 0 Å². The molecule has 4 rings (SSSR count). The van der Waals surface area contributed by atoms with Gasteiger partial charge in [-0.1, -0.05) is 42.5 Å². The van der Waals surface area contributed by atoms with Crippen molar-refractivity contribution in [2.24, 2.45) is 5.73 Å². The van der Waals surface area contributed by atoms with Gasteiger partial charge in [-0.05, 0) is 41.3 Å². The minimum absolute atomic E-state index is 0.0999. The van der Waals surface area contributed by atoms with Crippen molar-refractivity contribution in [2.75, 3.05) is 7.11 Å². The van der Waals surface area contributed by atoms with Crippen molar-refractivity contribution in [3.05, 3.63) is 82.4 Å². The SMILES string of the molecule is COC(=O)Cc1ccc([C@@H](C)O)cc1OCc1ccc2c(c1)-c1cccc(CN)c1OC2. The Kier molecular flexibility index (Phi) is 6.44. The van der Waals surface area contributed by atoms with Crippen molar-refractivity contribution in [3.8, 4) is 22.6 Å². The van der Waals surface area contributed by atoms with Gasteiger partial charge >= 0.3 is 5.97 Å². The van der Waals surface area contributed by atoms with Crippen LogP contribution in [-0.4, -0.2) is 18.2 Å². The highest BCUT2D eigenvalue weighted by Gasteiger charge is 2.20. The Bertz CT molecular complexity index is 1140. The lowest BCUT2D eigenvalue weighted by Gasteiger charge is -2.23. The number of methoxy groups -OCH3 is 1. The number of carbonyl (C=O) groups excluding carboxylic acids is 1. The minimum atomic E-state index is -0.637. The molecule has 3 aromatic carbocycles. The summed E-state index contributed by atoms with van der Waals surface area (Å²) < 4.78 is 16.9. The molecule has 3 aromatic rings. The second kappa shape index (κ2) is 9.42. The molecule has 3 N–H and O–H groups in total. The van der Waals surface area contributed by atoms with E-state index in [2.05, 4.69) is 6.07 Å². The fourth-order valence-corrected chi connectivity index (χ4v) is 3.87. The Morgan fingerprint density at radius 2 is 1.97 bits per heavy atom. The highest BCUT2D eigenvalue weighted by atomic mass is 16.5. The van der Waals surface area contributed by atoms with E-state index in [9.17, 15) is 9.90 Å². The Balaban J connectivity index is 1.61. The molecule has 0 aliphatic carbocycles. The van der Waals surface area contributed by atoms with E-state index >= 15 is 0 Å². The fourth-order valence-electron chi connectivity index (χ4n) is 3.87. The van der Waals surface area contributed by atoms with Crippen LogP contribution >= 0.6 is 0 Å². The quantitative estimate of drug-likeness (QED) is 0.546. The lowest BCUT2D eigenvalue weighted by molar-refractivity contribution is -0.139. The van der Waals surface area contributed by atoms with E-state index in [4.69, 9.17) is 19.9 Å². The summed E-state index contributed by atoms with van der Waals surface area (Å²) in [5.74, 6) is 1.05. The topological polar surface area (TPSA) is 91.0 Å². The second-order valence-corrected chi connectivity index (χ2v) is 7.86. The lowest BCUT2D eigenvalue weighted by Crippen LogP contribution is -2.10. The van der Waals surface area contributed by atoms with Gasteiger partial charge < -0.3 is 25.1 Å². The summed E-state index contributed by atoms with van der Waals surface area (Å²) in [6.45, 7) is 2.93. The van der Waals surface area contributed by atoms with Crippen LogP contribution in [0.25, 0.3) is 11.1 Å². The summed E-state index contributed by atoms with van der Waals surface area (Å²) >= 11 is 0. The summed E-state index contributed by atoms with van der Waals surface area (Å²) in [5.41, 5.74) is 12.5. The van der Waals surface area contributed by atoms with Crippen LogP contribution in [0.1, 0.15) is 40.8 Å². The highest BCUT2D eigenvalue weighted by molar-refractivity contribution is 5.77. The van der Waals surface area contributed by atoms with Gasteiger partial charge in [0.1, 0.15) is 24.7 Å². The third kappa shape index (κ3) is 4.47. The summed E-state index contributed by atoms with van der Waals surface area (Å²) in [7, 11) is 1.36. The van der Waals surface area contributed by atoms with Gasteiger partial charge in [-0.25, -0.2) is 0 Å². The van der Waals surface area contributed by atoms with E-state index in [0.717, 1.165) is 39.1 Å². The molecule has 0 bridgehead atoms. The minimum Gasteiger partial charge on any atom is -0.489 e. The van der Waals surface area contributed by atoms with Gasteiger partial charge in [0.25, 0.3) is 0 Å². The smallest absolute Gasteiger partial charge is 0.310 e. The third-order valence-electron chi connectivity index (χ3n) is 5.68. The number of hydrogen-bond donors (Lipinski definition) is 2. The van der Waals surface area contributed by atoms with Crippen molar-refractivity contribution in [3.63, 3.8) is 0 Å². The average molecular weight is 434 g/mol. The first-order chi connectivity index (χ1) is 15.5. The zero-order chi connectivity index (χ0) is 22.7. The molecule has 0 aromatic heterocycles. The van der Waals surface area contributed by atoms with Crippen LogP contribution in [0.5, 0.6) is 11.5 Å². The molecule has 1 atom stereocenters. The van der Waals surface area contributed by atoms with Crippen LogP contribution in [0, 0.1) is 0 Å². The summed E-state index contributed by atoms with van der Waals surface area (Å²) in [6, 6.07) is 17.5. The molecule has 0 spiro atoms. The van der Waals surface area contributed by atoms with Crippen LogP contribution in [0.15, 0.2) is 54.6 Å². The fraction of sp³-hybridized carbons (Fsp3) is 0.269. The average Bonchev–Trinajstić information content (AvgIpc) is 2.82. The standard InChI is InChI=1S/C26H27NO5/c1-16(28)18-8-9-19(12-25(29)30-2)24(11-18)31-14-17-6-7-21-15-32-26-20(13-27)4-3-5-22(26)23(21)10-17/h3-11,16,28H,12-15,27H2,1-2H3/t16-/m1/s1. The van der Waals surface area contributed by atoms with Crippen LogP contribution in [0.3, 0.4) is 0 Å². The maximum atomic E-state index is 11.8. The Labute approximate surface area is 187 Å². The molecule has 0 unspecified atom stereocenters. The number of fused-ring (bicyclic) bond motifs is 3. The maximum absolute atomic E-state index is 11.8. The monoisotopic (exact) mass is 433 g/mol. The van der Waals surface area contributed by atoms with Crippen molar-refractivity contribution >= 4 is 5.97 Å². The van der Waals surface area contributed by atoms with E-state index in [0.29, 0.717) is 31.1 Å². The summed E-state index contributed by atoms with van der Waals surface area (Å²) in [6.07, 6.45) is -0.538. The second-order valence-electron chi connectivity index (χ2n) is 7.86. The number of aliphatic hydroxyl groups excluding tert-OH is 1. The molecule has 0 fully saturated rings. The normalized spacial score (nSPS) is 12.9. The number of nitrogens with two attached hydrogens (primary N) is 1. The molecule has 0 amide bonds. The Hall–Kier alpha value is -3.35. The maximum Gasteiger partial charge on any atom is 0.310 e. The Morgan fingerprint density at radius 1 is 1.12 bits per heavy atom.